The van der Waals surface area contributed by atoms with E-state index in [1.54, 1.807) is 11.3 Å². The van der Waals surface area contributed by atoms with Gasteiger partial charge in [-0.2, -0.15) is 0 Å². The number of thiophene rings is 1. The van der Waals surface area contributed by atoms with Gasteiger partial charge in [-0.3, -0.25) is 9.63 Å². The van der Waals surface area contributed by atoms with Gasteiger partial charge in [0.25, 0.3) is 5.91 Å². The van der Waals surface area contributed by atoms with E-state index in [2.05, 4.69) is 22.6 Å². The first kappa shape index (κ1) is 10.4. The maximum Gasteiger partial charge on any atom is 0.278 e. The molecular weight excluding hydrogens is 313 g/mol. The molecule has 0 aliphatic carbocycles. The van der Waals surface area contributed by atoms with Crippen LogP contribution >= 0.6 is 33.9 Å². The van der Waals surface area contributed by atoms with E-state index < -0.39 is 0 Å². The van der Waals surface area contributed by atoms with Gasteiger partial charge in [0, 0.05) is 11.9 Å². The second-order valence-electron chi connectivity index (χ2n) is 3.09. The summed E-state index contributed by atoms with van der Waals surface area (Å²) in [5.41, 5.74) is 0.737. The summed E-state index contributed by atoms with van der Waals surface area (Å²) in [5, 5.41) is 3.35. The van der Waals surface area contributed by atoms with E-state index in [0.717, 1.165) is 21.3 Å². The van der Waals surface area contributed by atoms with Crippen LogP contribution in [0.1, 0.15) is 23.2 Å². The number of amides is 1. The van der Waals surface area contributed by atoms with Gasteiger partial charge in [-0.15, -0.1) is 11.3 Å². The van der Waals surface area contributed by atoms with Crippen LogP contribution in [-0.2, 0) is 4.84 Å². The van der Waals surface area contributed by atoms with Crippen LogP contribution in [-0.4, -0.2) is 24.1 Å². The topological polar surface area (TPSA) is 29.5 Å². The first-order chi connectivity index (χ1) is 6.77. The first-order valence-corrected chi connectivity index (χ1v) is 6.42. The lowest BCUT2D eigenvalue weighted by atomic mass is 10.2. The molecule has 1 fully saturated rings. The molecule has 0 aromatic carbocycles. The summed E-state index contributed by atoms with van der Waals surface area (Å²) in [6, 6.07) is 1.89. The molecular formula is C9H10INO2S. The van der Waals surface area contributed by atoms with E-state index in [1.165, 1.54) is 5.06 Å². The van der Waals surface area contributed by atoms with Crippen LogP contribution < -0.4 is 0 Å². The Hall–Kier alpha value is -0.140. The molecule has 2 rings (SSSR count). The Balaban J connectivity index is 2.07. The van der Waals surface area contributed by atoms with E-state index in [4.69, 9.17) is 4.84 Å². The van der Waals surface area contributed by atoms with Gasteiger partial charge in [0.1, 0.15) is 0 Å². The number of hydrogen-bond acceptors (Lipinski definition) is 3. The number of hydroxylamine groups is 2. The van der Waals surface area contributed by atoms with Gasteiger partial charge < -0.3 is 0 Å². The van der Waals surface area contributed by atoms with E-state index in [1.807, 2.05) is 11.4 Å². The molecule has 1 aliphatic heterocycles. The van der Waals surface area contributed by atoms with Crippen molar-refractivity contribution in [1.82, 2.24) is 5.06 Å². The highest BCUT2D eigenvalue weighted by molar-refractivity contribution is 14.1. The molecule has 1 amide bonds. The summed E-state index contributed by atoms with van der Waals surface area (Å²) in [6.45, 7) is 1.37. The van der Waals surface area contributed by atoms with Crippen molar-refractivity contribution < 1.29 is 9.63 Å². The second-order valence-corrected chi connectivity index (χ2v) is 5.89. The average Bonchev–Trinajstić information content (AvgIpc) is 2.65. The van der Waals surface area contributed by atoms with Crippen LogP contribution in [0, 0.1) is 2.88 Å². The molecule has 0 N–H and O–H groups in total. The van der Waals surface area contributed by atoms with Crippen molar-refractivity contribution in [3.63, 3.8) is 0 Å². The highest BCUT2D eigenvalue weighted by Gasteiger charge is 2.19. The van der Waals surface area contributed by atoms with Crippen molar-refractivity contribution >= 4 is 39.8 Å². The van der Waals surface area contributed by atoms with Crippen molar-refractivity contribution in [3.8, 4) is 0 Å². The maximum absolute atomic E-state index is 11.8. The van der Waals surface area contributed by atoms with Gasteiger partial charge in [0.15, 0.2) is 0 Å². The monoisotopic (exact) mass is 323 g/mol. The molecule has 14 heavy (non-hydrogen) atoms. The molecule has 0 atom stereocenters. The summed E-state index contributed by atoms with van der Waals surface area (Å²) in [7, 11) is 0. The Morgan fingerprint density at radius 3 is 3.00 bits per heavy atom. The summed E-state index contributed by atoms with van der Waals surface area (Å²) in [4.78, 5) is 17.1. The molecule has 5 heteroatoms. The summed E-state index contributed by atoms with van der Waals surface area (Å²) < 4.78 is 1.13. The normalized spacial score (nSPS) is 17.1. The van der Waals surface area contributed by atoms with Gasteiger partial charge >= 0.3 is 0 Å². The average molecular weight is 323 g/mol. The van der Waals surface area contributed by atoms with Gasteiger partial charge in [0.05, 0.1) is 15.1 Å². The molecule has 0 bridgehead atoms. The minimum Gasteiger partial charge on any atom is -0.271 e. The molecule has 0 unspecified atom stereocenters. The van der Waals surface area contributed by atoms with Gasteiger partial charge in [-0.25, -0.2) is 5.06 Å². The summed E-state index contributed by atoms with van der Waals surface area (Å²) in [5.74, 6) is -0.0103. The number of rotatable bonds is 1. The standard InChI is InChI=1S/C9H10INO2S/c10-8-5-7(6-14-8)9(12)11-3-1-2-4-13-11/h5-6H,1-4H2. The lowest BCUT2D eigenvalue weighted by molar-refractivity contribution is -0.144. The molecule has 1 aromatic heterocycles. The number of halogens is 1. The van der Waals surface area contributed by atoms with E-state index in [9.17, 15) is 4.79 Å². The SMILES string of the molecule is O=C(c1csc(I)c1)N1CCCCO1. The highest BCUT2D eigenvalue weighted by atomic mass is 127. The van der Waals surface area contributed by atoms with Crippen LogP contribution in [0.4, 0.5) is 0 Å². The second kappa shape index (κ2) is 4.59. The lowest BCUT2D eigenvalue weighted by Crippen LogP contribution is -2.35. The Kier molecular flexibility index (Phi) is 3.40. The largest absolute Gasteiger partial charge is 0.278 e. The number of nitrogens with zero attached hydrogens (tertiary/aromatic N) is 1. The third-order valence-electron chi connectivity index (χ3n) is 2.04. The third kappa shape index (κ3) is 2.26. The van der Waals surface area contributed by atoms with Crippen LogP contribution in [0.3, 0.4) is 0 Å². The number of hydrogen-bond donors (Lipinski definition) is 0. The predicted octanol–water partition coefficient (Wildman–Crippen LogP) is 2.52. The van der Waals surface area contributed by atoms with Crippen molar-refractivity contribution in [3.05, 3.63) is 19.9 Å². The Morgan fingerprint density at radius 1 is 1.57 bits per heavy atom. The van der Waals surface area contributed by atoms with Crippen molar-refractivity contribution in [2.45, 2.75) is 12.8 Å². The Morgan fingerprint density at radius 2 is 2.43 bits per heavy atom. The zero-order chi connectivity index (χ0) is 9.97. The summed E-state index contributed by atoms with van der Waals surface area (Å²) >= 11 is 3.79. The van der Waals surface area contributed by atoms with Gasteiger partial charge in [0.2, 0.25) is 0 Å². The molecule has 1 aliphatic rings. The Bertz CT molecular complexity index is 333. The van der Waals surface area contributed by atoms with Gasteiger partial charge in [-0.1, -0.05) is 0 Å². The minimum atomic E-state index is -0.0103. The fourth-order valence-electron chi connectivity index (χ4n) is 1.32. The molecule has 0 spiro atoms. The van der Waals surface area contributed by atoms with Crippen molar-refractivity contribution in [1.29, 1.82) is 0 Å². The quantitative estimate of drug-likeness (QED) is 0.743. The number of carbonyl (C=O) groups is 1. The van der Waals surface area contributed by atoms with E-state index in [-0.39, 0.29) is 5.91 Å². The minimum absolute atomic E-state index is 0.0103. The predicted molar refractivity (Wildman–Crippen MR) is 63.3 cm³/mol. The van der Waals surface area contributed by atoms with Gasteiger partial charge in [-0.05, 0) is 41.5 Å². The van der Waals surface area contributed by atoms with Crippen LogP contribution in [0.15, 0.2) is 11.4 Å². The molecule has 0 saturated carbocycles. The highest BCUT2D eigenvalue weighted by Crippen LogP contribution is 2.19. The molecule has 1 aromatic rings. The molecule has 76 valence electrons. The molecule has 0 radical (unpaired) electrons. The molecule has 3 nitrogen and oxygen atoms in total. The lowest BCUT2D eigenvalue weighted by Gasteiger charge is -2.25. The zero-order valence-corrected chi connectivity index (χ0v) is 10.5. The van der Waals surface area contributed by atoms with Crippen LogP contribution in [0.2, 0.25) is 0 Å². The Labute approximate surface area is 100 Å². The van der Waals surface area contributed by atoms with Crippen molar-refractivity contribution in [2.24, 2.45) is 0 Å². The smallest absolute Gasteiger partial charge is 0.271 e. The fraction of sp³-hybridized carbons (Fsp3) is 0.444. The van der Waals surface area contributed by atoms with E-state index >= 15 is 0 Å². The number of carbonyl (C=O) groups excluding carboxylic acids is 1. The van der Waals surface area contributed by atoms with Crippen LogP contribution in [0.25, 0.3) is 0 Å². The third-order valence-corrected chi connectivity index (χ3v) is 3.83. The fourth-order valence-corrected chi connectivity index (χ4v) is 2.64. The maximum atomic E-state index is 11.8. The molecule has 2 heterocycles. The molecule has 1 saturated heterocycles. The first-order valence-electron chi connectivity index (χ1n) is 4.46. The van der Waals surface area contributed by atoms with Crippen LogP contribution in [0.5, 0.6) is 0 Å². The van der Waals surface area contributed by atoms with Crippen molar-refractivity contribution in [2.75, 3.05) is 13.2 Å². The summed E-state index contributed by atoms with van der Waals surface area (Å²) in [6.07, 6.45) is 2.08. The van der Waals surface area contributed by atoms with E-state index in [0.29, 0.717) is 13.2 Å². The zero-order valence-electron chi connectivity index (χ0n) is 7.53.